The van der Waals surface area contributed by atoms with Gasteiger partial charge in [0.2, 0.25) is 5.95 Å². The van der Waals surface area contributed by atoms with Crippen LogP contribution in [0.5, 0.6) is 11.5 Å². The lowest BCUT2D eigenvalue weighted by molar-refractivity contribution is 0.0718. The summed E-state index contributed by atoms with van der Waals surface area (Å²) in [4.78, 5) is 23.0. The summed E-state index contributed by atoms with van der Waals surface area (Å²) in [5, 5.41) is 3.19. The number of ether oxygens (including phenoxy) is 2. The van der Waals surface area contributed by atoms with E-state index in [1.807, 2.05) is 23.1 Å². The zero-order valence-electron chi connectivity index (χ0n) is 15.9. The fraction of sp³-hybridized carbons (Fsp3) is 0.450. The normalized spacial score (nSPS) is 13.9. The van der Waals surface area contributed by atoms with Gasteiger partial charge in [-0.3, -0.25) is 4.79 Å². The average molecular weight is 370 g/mol. The Morgan fingerprint density at radius 3 is 2.63 bits per heavy atom. The lowest BCUT2D eigenvalue weighted by atomic mass is 10.1. The minimum Gasteiger partial charge on any atom is -0.493 e. The summed E-state index contributed by atoms with van der Waals surface area (Å²) in [7, 11) is 3.24. The van der Waals surface area contributed by atoms with Gasteiger partial charge in [-0.2, -0.15) is 0 Å². The van der Waals surface area contributed by atoms with E-state index in [0.717, 1.165) is 37.9 Å². The molecule has 0 aliphatic carbocycles. The maximum Gasteiger partial charge on any atom is 0.272 e. The first-order chi connectivity index (χ1) is 13.2. The molecular formula is C20H26N4O3. The summed E-state index contributed by atoms with van der Waals surface area (Å²) >= 11 is 0. The Hall–Kier alpha value is -2.83. The quantitative estimate of drug-likeness (QED) is 0.808. The highest BCUT2D eigenvalue weighted by Gasteiger charge is 2.19. The van der Waals surface area contributed by atoms with E-state index in [4.69, 9.17) is 9.47 Å². The van der Waals surface area contributed by atoms with Crippen LogP contribution in [0.4, 0.5) is 5.95 Å². The van der Waals surface area contributed by atoms with Gasteiger partial charge in [0.15, 0.2) is 11.5 Å². The van der Waals surface area contributed by atoms with Crippen LogP contribution in [0.25, 0.3) is 0 Å². The van der Waals surface area contributed by atoms with E-state index in [2.05, 4.69) is 15.3 Å². The van der Waals surface area contributed by atoms with Crippen LogP contribution in [-0.2, 0) is 6.42 Å². The molecule has 7 heteroatoms. The predicted molar refractivity (Wildman–Crippen MR) is 104 cm³/mol. The third-order valence-electron chi connectivity index (χ3n) is 4.66. The maximum atomic E-state index is 12.6. The van der Waals surface area contributed by atoms with Gasteiger partial charge in [-0.15, -0.1) is 0 Å². The molecular weight excluding hydrogens is 344 g/mol. The van der Waals surface area contributed by atoms with Gasteiger partial charge >= 0.3 is 0 Å². The molecule has 1 aromatic carbocycles. The van der Waals surface area contributed by atoms with Crippen molar-refractivity contribution in [1.82, 2.24) is 14.9 Å². The summed E-state index contributed by atoms with van der Waals surface area (Å²) < 4.78 is 10.6. The molecule has 0 atom stereocenters. The van der Waals surface area contributed by atoms with Gasteiger partial charge in [0.25, 0.3) is 5.91 Å². The SMILES string of the molecule is COc1ccc(CCNc2nccc(C(=O)N3CCCCC3)n2)cc1OC. The van der Waals surface area contributed by atoms with Gasteiger partial charge in [-0.25, -0.2) is 9.97 Å². The van der Waals surface area contributed by atoms with Gasteiger partial charge in [-0.1, -0.05) is 6.07 Å². The number of hydrogen-bond donors (Lipinski definition) is 1. The third kappa shape index (κ3) is 4.87. The van der Waals surface area contributed by atoms with Gasteiger partial charge in [0, 0.05) is 25.8 Å². The molecule has 1 aromatic heterocycles. The second-order valence-electron chi connectivity index (χ2n) is 6.48. The molecule has 0 saturated carbocycles. The number of aromatic nitrogens is 2. The Morgan fingerprint density at radius 2 is 1.89 bits per heavy atom. The molecule has 1 aliphatic heterocycles. The minimum atomic E-state index is -0.0139. The van der Waals surface area contributed by atoms with Crippen molar-refractivity contribution in [2.24, 2.45) is 0 Å². The first kappa shape index (κ1) is 18.9. The molecule has 27 heavy (non-hydrogen) atoms. The van der Waals surface area contributed by atoms with E-state index < -0.39 is 0 Å². The van der Waals surface area contributed by atoms with Crippen LogP contribution in [-0.4, -0.2) is 54.6 Å². The van der Waals surface area contributed by atoms with Crippen LogP contribution in [0.15, 0.2) is 30.5 Å². The molecule has 1 fully saturated rings. The molecule has 2 aromatic rings. The van der Waals surface area contributed by atoms with Crippen LogP contribution < -0.4 is 14.8 Å². The Bertz CT molecular complexity index is 776. The van der Waals surface area contributed by atoms with Crippen LogP contribution in [0.2, 0.25) is 0 Å². The first-order valence-electron chi connectivity index (χ1n) is 9.28. The predicted octanol–water partition coefficient (Wildman–Crippen LogP) is 2.77. The second kappa shape index (κ2) is 9.21. The highest BCUT2D eigenvalue weighted by molar-refractivity contribution is 5.92. The number of nitrogens with zero attached hydrogens (tertiary/aromatic N) is 3. The Balaban J connectivity index is 1.58. The van der Waals surface area contributed by atoms with Crippen molar-refractivity contribution in [3.8, 4) is 11.5 Å². The van der Waals surface area contributed by atoms with Gasteiger partial charge in [0.1, 0.15) is 5.69 Å². The standard InChI is InChI=1S/C20H26N4O3/c1-26-17-7-6-15(14-18(17)27-2)8-10-21-20-22-11-9-16(23-20)19(25)24-12-4-3-5-13-24/h6-7,9,11,14H,3-5,8,10,12-13H2,1-2H3,(H,21,22,23). The molecule has 0 spiro atoms. The van der Waals surface area contributed by atoms with E-state index in [0.29, 0.717) is 29.7 Å². The zero-order chi connectivity index (χ0) is 19.1. The number of piperidine rings is 1. The molecule has 1 aliphatic rings. The smallest absolute Gasteiger partial charge is 0.272 e. The van der Waals surface area contributed by atoms with Crippen molar-refractivity contribution in [2.45, 2.75) is 25.7 Å². The molecule has 3 rings (SSSR count). The lowest BCUT2D eigenvalue weighted by Crippen LogP contribution is -2.36. The molecule has 7 nitrogen and oxygen atoms in total. The number of methoxy groups -OCH3 is 2. The molecule has 1 amide bonds. The fourth-order valence-electron chi connectivity index (χ4n) is 3.18. The van der Waals surface area contributed by atoms with Crippen molar-refractivity contribution in [2.75, 3.05) is 39.2 Å². The van der Waals surface area contributed by atoms with E-state index >= 15 is 0 Å². The number of nitrogens with one attached hydrogen (secondary N) is 1. The van der Waals surface area contributed by atoms with Gasteiger partial charge < -0.3 is 19.7 Å². The molecule has 0 unspecified atom stereocenters. The second-order valence-corrected chi connectivity index (χ2v) is 6.48. The number of anilines is 1. The lowest BCUT2D eigenvalue weighted by Gasteiger charge is -2.26. The summed E-state index contributed by atoms with van der Waals surface area (Å²) in [6.45, 7) is 2.27. The zero-order valence-corrected chi connectivity index (χ0v) is 15.9. The molecule has 144 valence electrons. The van der Waals surface area contributed by atoms with Crippen molar-refractivity contribution < 1.29 is 14.3 Å². The van der Waals surface area contributed by atoms with E-state index in [1.54, 1.807) is 26.5 Å². The summed E-state index contributed by atoms with van der Waals surface area (Å²) in [5.74, 6) is 1.88. The summed E-state index contributed by atoms with van der Waals surface area (Å²) in [6.07, 6.45) is 5.72. The number of amides is 1. The van der Waals surface area contributed by atoms with Gasteiger partial charge in [-0.05, 0) is 49.4 Å². The Kier molecular flexibility index (Phi) is 6.46. The number of carbonyl (C=O) groups is 1. The Labute approximate surface area is 159 Å². The first-order valence-corrected chi connectivity index (χ1v) is 9.28. The highest BCUT2D eigenvalue weighted by atomic mass is 16.5. The number of benzene rings is 1. The Morgan fingerprint density at radius 1 is 1.11 bits per heavy atom. The number of carbonyl (C=O) groups excluding carboxylic acids is 1. The summed E-state index contributed by atoms with van der Waals surface area (Å²) in [5.41, 5.74) is 1.56. The van der Waals surface area contributed by atoms with Crippen LogP contribution in [0.1, 0.15) is 35.3 Å². The minimum absolute atomic E-state index is 0.0139. The molecule has 2 heterocycles. The van der Waals surface area contributed by atoms with E-state index in [9.17, 15) is 4.79 Å². The summed E-state index contributed by atoms with van der Waals surface area (Å²) in [6, 6.07) is 7.52. The fourth-order valence-corrected chi connectivity index (χ4v) is 3.18. The maximum absolute atomic E-state index is 12.6. The third-order valence-corrected chi connectivity index (χ3v) is 4.66. The number of likely N-dealkylation sites (tertiary alicyclic amines) is 1. The van der Waals surface area contributed by atoms with Crippen molar-refractivity contribution >= 4 is 11.9 Å². The number of hydrogen-bond acceptors (Lipinski definition) is 6. The molecule has 0 bridgehead atoms. The molecule has 1 N–H and O–H groups in total. The van der Waals surface area contributed by atoms with E-state index in [1.165, 1.54) is 6.42 Å². The molecule has 0 radical (unpaired) electrons. The number of rotatable bonds is 7. The van der Waals surface area contributed by atoms with Crippen molar-refractivity contribution in [3.05, 3.63) is 41.7 Å². The van der Waals surface area contributed by atoms with Crippen LogP contribution in [0, 0.1) is 0 Å². The van der Waals surface area contributed by atoms with Gasteiger partial charge in [0.05, 0.1) is 14.2 Å². The highest BCUT2D eigenvalue weighted by Crippen LogP contribution is 2.27. The average Bonchev–Trinajstić information content (AvgIpc) is 2.74. The topological polar surface area (TPSA) is 76.6 Å². The van der Waals surface area contributed by atoms with Crippen molar-refractivity contribution in [3.63, 3.8) is 0 Å². The molecule has 1 saturated heterocycles. The van der Waals surface area contributed by atoms with E-state index in [-0.39, 0.29) is 5.91 Å². The monoisotopic (exact) mass is 370 g/mol. The van der Waals surface area contributed by atoms with Crippen molar-refractivity contribution in [1.29, 1.82) is 0 Å². The largest absolute Gasteiger partial charge is 0.493 e. The van der Waals surface area contributed by atoms with Crippen LogP contribution >= 0.6 is 0 Å². The van der Waals surface area contributed by atoms with Crippen LogP contribution in [0.3, 0.4) is 0 Å².